The van der Waals surface area contributed by atoms with E-state index in [2.05, 4.69) is 44.7 Å². The number of fused-ring (bicyclic) bond motifs is 1. The topological polar surface area (TPSA) is 82.9 Å². The minimum atomic E-state index is -4.50. The molecule has 1 aromatic carbocycles. The summed E-state index contributed by atoms with van der Waals surface area (Å²) in [5.41, 5.74) is -2.33. The average molecular weight is 547 g/mol. The summed E-state index contributed by atoms with van der Waals surface area (Å²) in [6.45, 7) is 2.03. The Hall–Kier alpha value is -3.56. The zero-order chi connectivity index (χ0) is 27.3. The van der Waals surface area contributed by atoms with Gasteiger partial charge < -0.3 is 25.6 Å². The molecule has 202 valence electrons. The number of nitrogens with one attached hydrogen (secondary N) is 3. The zero-order valence-corrected chi connectivity index (χ0v) is 22.1. The number of piperidine rings is 1. The highest BCUT2D eigenvalue weighted by atomic mass is 32.2. The van der Waals surface area contributed by atoms with E-state index in [-0.39, 0.29) is 41.0 Å². The van der Waals surface area contributed by atoms with E-state index >= 15 is 0 Å². The van der Waals surface area contributed by atoms with E-state index in [9.17, 15) is 18.0 Å². The molecule has 3 heterocycles. The molecule has 3 aromatic rings. The molecule has 3 N–H and O–H groups in total. The second kappa shape index (κ2) is 11.9. The standard InChI is InChI=1S/C26H29F3N6O2S/c1-30-24(36)17-8-9-19(22(16-17)37-3)31-12-4-6-21-25(38-26(27,28)29)35-13-5-7-20(23(35)33-21)32-18-10-14-34(2)15-11-18/h5,7-9,13,16,18,31-32H,10-12,14-15H2,1-3H3,(H,30,36). The Balaban J connectivity index is 1.58. The number of ether oxygens (including phenoxy) is 1. The van der Waals surface area contributed by atoms with Gasteiger partial charge in [0.25, 0.3) is 5.91 Å². The molecule has 0 saturated carbocycles. The van der Waals surface area contributed by atoms with E-state index < -0.39 is 5.51 Å². The summed E-state index contributed by atoms with van der Waals surface area (Å²) in [4.78, 5) is 18.6. The van der Waals surface area contributed by atoms with Gasteiger partial charge in [-0.25, -0.2) is 4.98 Å². The lowest BCUT2D eigenvalue weighted by molar-refractivity contribution is -0.0330. The first-order chi connectivity index (χ1) is 18.2. The molecule has 4 rings (SSSR count). The average Bonchev–Trinajstić information content (AvgIpc) is 3.24. The second-order valence-corrected chi connectivity index (χ2v) is 9.85. The highest BCUT2D eigenvalue weighted by Crippen LogP contribution is 2.39. The number of hydrogen-bond donors (Lipinski definition) is 3. The number of methoxy groups -OCH3 is 1. The van der Waals surface area contributed by atoms with Crippen molar-refractivity contribution in [1.82, 2.24) is 19.6 Å². The molecule has 38 heavy (non-hydrogen) atoms. The van der Waals surface area contributed by atoms with Crippen molar-refractivity contribution in [2.45, 2.75) is 29.4 Å². The van der Waals surface area contributed by atoms with Crippen LogP contribution in [0.1, 0.15) is 28.9 Å². The Morgan fingerprint density at radius 3 is 2.68 bits per heavy atom. The molecule has 1 aliphatic heterocycles. The van der Waals surface area contributed by atoms with Crippen LogP contribution in [0, 0.1) is 11.8 Å². The van der Waals surface area contributed by atoms with Crippen molar-refractivity contribution < 1.29 is 22.7 Å². The number of halogens is 3. The lowest BCUT2D eigenvalue weighted by Gasteiger charge is -2.30. The lowest BCUT2D eigenvalue weighted by Crippen LogP contribution is -2.36. The quantitative estimate of drug-likeness (QED) is 0.301. The number of carbonyl (C=O) groups is 1. The summed E-state index contributed by atoms with van der Waals surface area (Å²) in [5.74, 6) is 5.86. The van der Waals surface area contributed by atoms with Crippen LogP contribution in [0.5, 0.6) is 5.75 Å². The first-order valence-corrected chi connectivity index (χ1v) is 12.8. The molecule has 1 saturated heterocycles. The van der Waals surface area contributed by atoms with Gasteiger partial charge in [0.2, 0.25) is 0 Å². The Bertz CT molecular complexity index is 1360. The van der Waals surface area contributed by atoms with E-state index in [0.717, 1.165) is 25.9 Å². The highest BCUT2D eigenvalue weighted by Gasteiger charge is 2.33. The molecular weight excluding hydrogens is 517 g/mol. The maximum absolute atomic E-state index is 13.4. The monoisotopic (exact) mass is 546 g/mol. The van der Waals surface area contributed by atoms with E-state index in [4.69, 9.17) is 4.74 Å². The summed E-state index contributed by atoms with van der Waals surface area (Å²) in [6.07, 6.45) is 3.45. The van der Waals surface area contributed by atoms with Crippen LogP contribution in [0.3, 0.4) is 0 Å². The molecule has 2 aromatic heterocycles. The summed E-state index contributed by atoms with van der Waals surface area (Å²) < 4.78 is 47.1. The normalized spacial score (nSPS) is 14.6. The third kappa shape index (κ3) is 6.65. The number of rotatable bonds is 7. The van der Waals surface area contributed by atoms with Gasteiger partial charge in [0.05, 0.1) is 25.0 Å². The molecule has 12 heteroatoms. The fraction of sp³-hybridized carbons (Fsp3) is 0.385. The first-order valence-electron chi connectivity index (χ1n) is 12.0. The highest BCUT2D eigenvalue weighted by molar-refractivity contribution is 8.00. The molecule has 0 radical (unpaired) electrons. The molecule has 1 amide bonds. The third-order valence-electron chi connectivity index (χ3n) is 6.16. The van der Waals surface area contributed by atoms with E-state index in [1.54, 1.807) is 30.5 Å². The van der Waals surface area contributed by atoms with Gasteiger partial charge in [0.1, 0.15) is 16.5 Å². The Morgan fingerprint density at radius 1 is 1.24 bits per heavy atom. The minimum Gasteiger partial charge on any atom is -0.495 e. The van der Waals surface area contributed by atoms with Gasteiger partial charge in [-0.3, -0.25) is 9.20 Å². The number of imidazole rings is 1. The number of carbonyl (C=O) groups excluding carboxylic acids is 1. The Kier molecular flexibility index (Phi) is 8.58. The van der Waals surface area contributed by atoms with Crippen LogP contribution in [-0.2, 0) is 0 Å². The van der Waals surface area contributed by atoms with Crippen LogP contribution in [0.25, 0.3) is 5.65 Å². The minimum absolute atomic E-state index is 0.0497. The SMILES string of the molecule is CNC(=O)c1ccc(NCC#Cc2nc3c(NC4CCN(C)CC4)cccn3c2SC(F)(F)F)c(OC)c1. The van der Waals surface area contributed by atoms with Crippen molar-refractivity contribution >= 4 is 34.7 Å². The van der Waals surface area contributed by atoms with Gasteiger partial charge in [-0.1, -0.05) is 5.92 Å². The molecule has 0 atom stereocenters. The van der Waals surface area contributed by atoms with Crippen molar-refractivity contribution in [3.63, 3.8) is 0 Å². The molecule has 1 aliphatic rings. The van der Waals surface area contributed by atoms with Gasteiger partial charge in [-0.15, -0.1) is 0 Å². The summed E-state index contributed by atoms with van der Waals surface area (Å²) in [6, 6.07) is 8.67. The number of anilines is 2. The fourth-order valence-corrected chi connectivity index (χ4v) is 4.87. The molecule has 0 spiro atoms. The number of nitrogens with zero attached hydrogens (tertiary/aromatic N) is 3. The van der Waals surface area contributed by atoms with Crippen LogP contribution in [0.4, 0.5) is 24.5 Å². The number of amides is 1. The van der Waals surface area contributed by atoms with Gasteiger partial charge in [-0.2, -0.15) is 13.2 Å². The Morgan fingerprint density at radius 2 is 2.00 bits per heavy atom. The Labute approximate surface area is 223 Å². The van der Waals surface area contributed by atoms with Crippen LogP contribution < -0.4 is 20.7 Å². The molecule has 0 unspecified atom stereocenters. The van der Waals surface area contributed by atoms with Crippen molar-refractivity contribution in [2.75, 3.05) is 51.5 Å². The van der Waals surface area contributed by atoms with Crippen molar-refractivity contribution in [1.29, 1.82) is 0 Å². The fourth-order valence-electron chi connectivity index (χ4n) is 4.21. The predicted molar refractivity (Wildman–Crippen MR) is 143 cm³/mol. The predicted octanol–water partition coefficient (Wildman–Crippen LogP) is 4.28. The molecule has 0 aliphatic carbocycles. The zero-order valence-electron chi connectivity index (χ0n) is 21.3. The number of likely N-dealkylation sites (tertiary alicyclic amines) is 1. The first kappa shape index (κ1) is 27.5. The summed E-state index contributed by atoms with van der Waals surface area (Å²) in [5, 5.41) is 9.01. The molecular formula is C26H29F3N6O2S. The van der Waals surface area contributed by atoms with Gasteiger partial charge in [-0.05, 0) is 69.2 Å². The van der Waals surface area contributed by atoms with Crippen LogP contribution >= 0.6 is 11.8 Å². The number of aromatic nitrogens is 2. The van der Waals surface area contributed by atoms with Crippen LogP contribution in [-0.4, -0.2) is 72.6 Å². The van der Waals surface area contributed by atoms with Crippen LogP contribution in [0.15, 0.2) is 41.6 Å². The van der Waals surface area contributed by atoms with E-state index in [0.29, 0.717) is 28.3 Å². The molecule has 1 fully saturated rings. The number of hydrogen-bond acceptors (Lipinski definition) is 7. The largest absolute Gasteiger partial charge is 0.495 e. The van der Waals surface area contributed by atoms with Gasteiger partial charge >= 0.3 is 5.51 Å². The number of thioether (sulfide) groups is 1. The van der Waals surface area contributed by atoms with Crippen molar-refractivity contribution in [3.8, 4) is 17.6 Å². The maximum atomic E-state index is 13.4. The number of benzene rings is 1. The van der Waals surface area contributed by atoms with Crippen molar-refractivity contribution in [2.24, 2.45) is 0 Å². The van der Waals surface area contributed by atoms with Crippen LogP contribution in [0.2, 0.25) is 0 Å². The van der Waals surface area contributed by atoms with Gasteiger partial charge in [0.15, 0.2) is 5.65 Å². The lowest BCUT2D eigenvalue weighted by atomic mass is 10.1. The molecule has 8 nitrogen and oxygen atoms in total. The second-order valence-electron chi connectivity index (χ2n) is 8.80. The van der Waals surface area contributed by atoms with Gasteiger partial charge in [0, 0.05) is 36.6 Å². The van der Waals surface area contributed by atoms with E-state index in [1.807, 2.05) is 6.07 Å². The summed E-state index contributed by atoms with van der Waals surface area (Å²) in [7, 11) is 5.09. The third-order valence-corrected chi connectivity index (χ3v) is 6.98. The number of alkyl halides is 3. The smallest absolute Gasteiger partial charge is 0.447 e. The maximum Gasteiger partial charge on any atom is 0.447 e. The number of pyridine rings is 1. The van der Waals surface area contributed by atoms with E-state index in [1.165, 1.54) is 18.6 Å². The van der Waals surface area contributed by atoms with Crippen molar-refractivity contribution in [3.05, 3.63) is 47.8 Å². The molecule has 0 bridgehead atoms. The summed E-state index contributed by atoms with van der Waals surface area (Å²) >= 11 is -0.229.